The summed E-state index contributed by atoms with van der Waals surface area (Å²) in [6.45, 7) is 2.10. The van der Waals surface area contributed by atoms with Crippen molar-refractivity contribution in [3.8, 4) is 0 Å². The summed E-state index contributed by atoms with van der Waals surface area (Å²) in [5.41, 5.74) is 0. The maximum absolute atomic E-state index is 12.9. The highest BCUT2D eigenvalue weighted by atomic mass is 19.2. The molecule has 1 rings (SSSR count). The normalized spacial score (nSPS) is 38.0. The summed E-state index contributed by atoms with van der Waals surface area (Å²) in [5.74, 6) is -1.34. The lowest BCUT2D eigenvalue weighted by Gasteiger charge is -2.16. The van der Waals surface area contributed by atoms with Gasteiger partial charge in [-0.25, -0.2) is 4.39 Å². The zero-order valence-electron chi connectivity index (χ0n) is 5.82. The Balaban J connectivity index is 2.36. The molecule has 0 aliphatic carbocycles. The quantitative estimate of drug-likeness (QED) is 0.491. The van der Waals surface area contributed by atoms with E-state index in [0.29, 0.717) is 13.0 Å². The van der Waals surface area contributed by atoms with Crippen LogP contribution in [-0.4, -0.2) is 12.5 Å². The van der Waals surface area contributed by atoms with Crippen LogP contribution >= 0.6 is 0 Å². The standard InChI is InChI=1S/C7H13FO/c1-7(8)5-3-2-4-6-9-7/h2-6H2,1H3. The van der Waals surface area contributed by atoms with E-state index < -0.39 is 5.85 Å². The molecule has 1 unspecified atom stereocenters. The van der Waals surface area contributed by atoms with Crippen molar-refractivity contribution in [1.29, 1.82) is 0 Å². The molecule has 0 N–H and O–H groups in total. The Morgan fingerprint density at radius 2 is 2.11 bits per heavy atom. The van der Waals surface area contributed by atoms with Crippen LogP contribution in [0.2, 0.25) is 0 Å². The third-order valence-corrected chi connectivity index (χ3v) is 1.67. The highest BCUT2D eigenvalue weighted by Gasteiger charge is 2.24. The molecule has 1 aliphatic heterocycles. The average molecular weight is 132 g/mol. The van der Waals surface area contributed by atoms with E-state index in [1.54, 1.807) is 0 Å². The highest BCUT2D eigenvalue weighted by Crippen LogP contribution is 2.24. The molecule has 1 fully saturated rings. The topological polar surface area (TPSA) is 9.23 Å². The Kier molecular flexibility index (Phi) is 2.06. The first kappa shape index (κ1) is 7.00. The van der Waals surface area contributed by atoms with Gasteiger partial charge in [0.25, 0.3) is 0 Å². The van der Waals surface area contributed by atoms with Gasteiger partial charge in [0.05, 0.1) is 6.61 Å². The van der Waals surface area contributed by atoms with Crippen molar-refractivity contribution in [3.63, 3.8) is 0 Å². The molecular weight excluding hydrogens is 119 g/mol. The van der Waals surface area contributed by atoms with Crippen molar-refractivity contribution < 1.29 is 9.13 Å². The Morgan fingerprint density at radius 1 is 1.33 bits per heavy atom. The summed E-state index contributed by atoms with van der Waals surface area (Å²) < 4.78 is 17.8. The molecule has 0 aromatic carbocycles. The van der Waals surface area contributed by atoms with Crippen molar-refractivity contribution in [2.75, 3.05) is 6.61 Å². The van der Waals surface area contributed by atoms with Crippen LogP contribution in [0.3, 0.4) is 0 Å². The fraction of sp³-hybridized carbons (Fsp3) is 1.00. The molecule has 0 amide bonds. The monoisotopic (exact) mass is 132 g/mol. The molecule has 54 valence electrons. The second-order valence-electron chi connectivity index (χ2n) is 2.76. The fourth-order valence-corrected chi connectivity index (χ4v) is 1.08. The van der Waals surface area contributed by atoms with Gasteiger partial charge in [0, 0.05) is 6.42 Å². The Morgan fingerprint density at radius 3 is 2.89 bits per heavy atom. The van der Waals surface area contributed by atoms with Gasteiger partial charge in [0.1, 0.15) is 0 Å². The van der Waals surface area contributed by atoms with Crippen LogP contribution in [0.4, 0.5) is 4.39 Å². The molecular formula is C7H13FO. The maximum Gasteiger partial charge on any atom is 0.206 e. The van der Waals surface area contributed by atoms with Crippen LogP contribution in [0.1, 0.15) is 32.6 Å². The summed E-state index contributed by atoms with van der Waals surface area (Å²) in [4.78, 5) is 0. The van der Waals surface area contributed by atoms with E-state index >= 15 is 0 Å². The molecule has 0 spiro atoms. The number of hydrogen-bond acceptors (Lipinski definition) is 1. The molecule has 1 saturated heterocycles. The third-order valence-electron chi connectivity index (χ3n) is 1.67. The molecule has 1 aliphatic rings. The van der Waals surface area contributed by atoms with Crippen molar-refractivity contribution in [1.82, 2.24) is 0 Å². The molecule has 0 radical (unpaired) electrons. The van der Waals surface area contributed by atoms with Gasteiger partial charge in [0.2, 0.25) is 5.85 Å². The lowest BCUT2D eigenvalue weighted by atomic mass is 10.1. The minimum atomic E-state index is -1.34. The lowest BCUT2D eigenvalue weighted by Crippen LogP contribution is -2.20. The number of ether oxygens (including phenoxy) is 1. The minimum Gasteiger partial charge on any atom is -0.346 e. The first-order chi connectivity index (χ1) is 4.21. The van der Waals surface area contributed by atoms with Crippen LogP contribution in [0.15, 0.2) is 0 Å². The van der Waals surface area contributed by atoms with E-state index in [1.807, 2.05) is 0 Å². The van der Waals surface area contributed by atoms with E-state index in [1.165, 1.54) is 6.92 Å². The third kappa shape index (κ3) is 2.31. The van der Waals surface area contributed by atoms with E-state index in [0.717, 1.165) is 19.3 Å². The van der Waals surface area contributed by atoms with Crippen molar-refractivity contribution >= 4 is 0 Å². The van der Waals surface area contributed by atoms with Gasteiger partial charge in [-0.15, -0.1) is 0 Å². The van der Waals surface area contributed by atoms with E-state index in [4.69, 9.17) is 4.74 Å². The van der Waals surface area contributed by atoms with Gasteiger partial charge in [0.15, 0.2) is 0 Å². The summed E-state index contributed by atoms with van der Waals surface area (Å²) in [6, 6.07) is 0. The van der Waals surface area contributed by atoms with Gasteiger partial charge in [-0.1, -0.05) is 6.42 Å². The Labute approximate surface area is 55.2 Å². The second-order valence-corrected chi connectivity index (χ2v) is 2.76. The van der Waals surface area contributed by atoms with Gasteiger partial charge < -0.3 is 4.74 Å². The van der Waals surface area contributed by atoms with Crippen molar-refractivity contribution in [2.45, 2.75) is 38.5 Å². The fourth-order valence-electron chi connectivity index (χ4n) is 1.08. The van der Waals surface area contributed by atoms with Gasteiger partial charge in [-0.3, -0.25) is 0 Å². The first-order valence-corrected chi connectivity index (χ1v) is 3.54. The maximum atomic E-state index is 12.9. The first-order valence-electron chi connectivity index (χ1n) is 3.54. The second kappa shape index (κ2) is 2.65. The smallest absolute Gasteiger partial charge is 0.206 e. The molecule has 1 heterocycles. The highest BCUT2D eigenvalue weighted by molar-refractivity contribution is 4.63. The summed E-state index contributed by atoms with van der Waals surface area (Å²) in [7, 11) is 0. The zero-order valence-corrected chi connectivity index (χ0v) is 5.82. The summed E-state index contributed by atoms with van der Waals surface area (Å²) in [6.07, 6.45) is 3.65. The molecule has 0 aromatic heterocycles. The number of rotatable bonds is 0. The van der Waals surface area contributed by atoms with Gasteiger partial charge in [-0.2, -0.15) is 0 Å². The van der Waals surface area contributed by atoms with Crippen LogP contribution < -0.4 is 0 Å². The summed E-state index contributed by atoms with van der Waals surface area (Å²) in [5, 5.41) is 0. The summed E-state index contributed by atoms with van der Waals surface area (Å²) >= 11 is 0. The van der Waals surface area contributed by atoms with Crippen LogP contribution in [0.5, 0.6) is 0 Å². The largest absolute Gasteiger partial charge is 0.346 e. The predicted molar refractivity (Wildman–Crippen MR) is 33.9 cm³/mol. The molecule has 9 heavy (non-hydrogen) atoms. The van der Waals surface area contributed by atoms with E-state index in [2.05, 4.69) is 0 Å². The van der Waals surface area contributed by atoms with Gasteiger partial charge >= 0.3 is 0 Å². The SMILES string of the molecule is CC1(F)CCCCCO1. The lowest BCUT2D eigenvalue weighted by molar-refractivity contribution is -0.128. The van der Waals surface area contributed by atoms with Crippen LogP contribution in [-0.2, 0) is 4.74 Å². The average Bonchev–Trinajstić information content (AvgIpc) is 1.92. The Bertz CT molecular complexity index is 80.9. The predicted octanol–water partition coefficient (Wildman–Crippen LogP) is 2.26. The van der Waals surface area contributed by atoms with Gasteiger partial charge in [-0.05, 0) is 19.8 Å². The van der Waals surface area contributed by atoms with Crippen LogP contribution in [0.25, 0.3) is 0 Å². The molecule has 0 aromatic rings. The molecule has 0 saturated carbocycles. The van der Waals surface area contributed by atoms with Crippen LogP contribution in [0, 0.1) is 0 Å². The number of hydrogen-bond donors (Lipinski definition) is 0. The van der Waals surface area contributed by atoms with Crippen molar-refractivity contribution in [3.05, 3.63) is 0 Å². The number of alkyl halides is 1. The van der Waals surface area contributed by atoms with Crippen molar-refractivity contribution in [2.24, 2.45) is 0 Å². The van der Waals surface area contributed by atoms with E-state index in [9.17, 15) is 4.39 Å². The Hall–Kier alpha value is -0.110. The molecule has 2 heteroatoms. The molecule has 1 atom stereocenters. The molecule has 0 bridgehead atoms. The molecule has 1 nitrogen and oxygen atoms in total. The van der Waals surface area contributed by atoms with E-state index in [-0.39, 0.29) is 0 Å². The number of halogens is 1. The zero-order chi connectivity index (χ0) is 6.74. The minimum absolute atomic E-state index is 0.562.